The molecule has 5 heteroatoms. The summed E-state index contributed by atoms with van der Waals surface area (Å²) in [5.41, 5.74) is 0. The highest BCUT2D eigenvalue weighted by atomic mass is 35.5. The van der Waals surface area contributed by atoms with Crippen molar-refractivity contribution in [2.24, 2.45) is 0 Å². The molecule has 1 heterocycles. The molecule has 1 rings (SSSR count). The molecule has 0 aliphatic rings. The third-order valence-electron chi connectivity index (χ3n) is 0.790. The number of rotatable bonds is 1. The molecule has 0 aliphatic heterocycles. The Bertz CT molecular complexity index is 230. The van der Waals surface area contributed by atoms with Gasteiger partial charge in [0.25, 0.3) is 5.92 Å². The van der Waals surface area contributed by atoms with Crippen molar-refractivity contribution in [3.63, 3.8) is 0 Å². The van der Waals surface area contributed by atoms with E-state index in [-0.39, 0.29) is 9.34 Å². The van der Waals surface area contributed by atoms with Crippen molar-refractivity contribution in [1.82, 2.24) is 4.98 Å². The highest BCUT2D eigenvalue weighted by molar-refractivity contribution is 7.15. The van der Waals surface area contributed by atoms with Gasteiger partial charge in [0.1, 0.15) is 4.34 Å². The first-order valence-corrected chi connectivity index (χ1v) is 3.54. The number of nitrogens with zero attached hydrogens (tertiary/aromatic N) is 1. The highest BCUT2D eigenvalue weighted by Gasteiger charge is 2.28. The van der Waals surface area contributed by atoms with E-state index in [9.17, 15) is 8.78 Å². The Kier molecular flexibility index (Phi) is 1.92. The average molecular weight is 183 g/mol. The SMILES string of the molecule is [CH2]C(F)(F)c1ncc(Cl)s1. The third-order valence-corrected chi connectivity index (χ3v) is 2.02. The largest absolute Gasteiger partial charge is 0.299 e. The Morgan fingerprint density at radius 2 is 2.30 bits per heavy atom. The maximum Gasteiger partial charge on any atom is 0.299 e. The molecule has 0 saturated heterocycles. The van der Waals surface area contributed by atoms with Crippen LogP contribution in [0.25, 0.3) is 0 Å². The van der Waals surface area contributed by atoms with Crippen molar-refractivity contribution in [3.8, 4) is 0 Å². The van der Waals surface area contributed by atoms with E-state index in [0.717, 1.165) is 11.3 Å². The van der Waals surface area contributed by atoms with Gasteiger partial charge in [-0.05, 0) is 0 Å². The van der Waals surface area contributed by atoms with E-state index in [1.54, 1.807) is 0 Å². The van der Waals surface area contributed by atoms with Gasteiger partial charge in [0.05, 0.1) is 6.20 Å². The van der Waals surface area contributed by atoms with Gasteiger partial charge in [-0.1, -0.05) is 11.6 Å². The van der Waals surface area contributed by atoms with Crippen molar-refractivity contribution in [2.45, 2.75) is 5.92 Å². The second kappa shape index (κ2) is 2.43. The van der Waals surface area contributed by atoms with Gasteiger partial charge in [-0.3, -0.25) is 0 Å². The van der Waals surface area contributed by atoms with Gasteiger partial charge in [0.2, 0.25) is 0 Å². The lowest BCUT2D eigenvalue weighted by atomic mass is 10.4. The van der Waals surface area contributed by atoms with Crippen LogP contribution in [0.4, 0.5) is 8.78 Å². The minimum atomic E-state index is -3.11. The second-order valence-corrected chi connectivity index (χ2v) is 3.34. The number of alkyl halides is 2. The van der Waals surface area contributed by atoms with Gasteiger partial charge in [-0.15, -0.1) is 11.3 Å². The fraction of sp³-hybridized carbons (Fsp3) is 0.200. The predicted octanol–water partition coefficient (Wildman–Crippen LogP) is 2.72. The zero-order valence-corrected chi connectivity index (χ0v) is 6.35. The molecule has 0 fully saturated rings. The van der Waals surface area contributed by atoms with Crippen LogP contribution in [0.3, 0.4) is 0 Å². The van der Waals surface area contributed by atoms with Gasteiger partial charge in [-0.2, -0.15) is 8.78 Å². The number of aromatic nitrogens is 1. The second-order valence-electron chi connectivity index (χ2n) is 1.67. The fourth-order valence-electron chi connectivity index (χ4n) is 0.424. The van der Waals surface area contributed by atoms with Gasteiger partial charge in [-0.25, -0.2) is 4.98 Å². The molecule has 0 unspecified atom stereocenters. The van der Waals surface area contributed by atoms with Gasteiger partial charge < -0.3 is 0 Å². The van der Waals surface area contributed by atoms with E-state index in [2.05, 4.69) is 11.9 Å². The maximum atomic E-state index is 12.2. The van der Waals surface area contributed by atoms with E-state index < -0.39 is 5.92 Å². The summed E-state index contributed by atoms with van der Waals surface area (Å²) in [6.07, 6.45) is 1.18. The lowest BCUT2D eigenvalue weighted by Gasteiger charge is -2.02. The molecule has 0 aliphatic carbocycles. The van der Waals surface area contributed by atoms with Crippen LogP contribution < -0.4 is 0 Å². The lowest BCUT2D eigenvalue weighted by molar-refractivity contribution is 0.0484. The van der Waals surface area contributed by atoms with E-state index in [0.29, 0.717) is 0 Å². The first kappa shape index (κ1) is 7.88. The molecule has 1 aromatic rings. The van der Waals surface area contributed by atoms with Crippen molar-refractivity contribution in [1.29, 1.82) is 0 Å². The van der Waals surface area contributed by atoms with Gasteiger partial charge in [0.15, 0.2) is 5.01 Å². The summed E-state index contributed by atoms with van der Waals surface area (Å²) in [5.74, 6) is -3.11. The van der Waals surface area contributed by atoms with Crippen LogP contribution >= 0.6 is 22.9 Å². The molecule has 0 amide bonds. The Hall–Kier alpha value is -0.220. The monoisotopic (exact) mass is 182 g/mol. The minimum absolute atomic E-state index is 0.248. The molecule has 0 atom stereocenters. The summed E-state index contributed by atoms with van der Waals surface area (Å²) in [6.45, 7) is 2.61. The molecule has 10 heavy (non-hydrogen) atoms. The molecule has 1 nitrogen and oxygen atoms in total. The van der Waals surface area contributed by atoms with Crippen LogP contribution in [-0.4, -0.2) is 4.98 Å². The van der Waals surface area contributed by atoms with Gasteiger partial charge >= 0.3 is 0 Å². The number of hydrogen-bond donors (Lipinski definition) is 0. The van der Waals surface area contributed by atoms with Crippen molar-refractivity contribution in [2.75, 3.05) is 0 Å². The number of hydrogen-bond acceptors (Lipinski definition) is 2. The normalized spacial score (nSPS) is 12.0. The molecule has 0 saturated carbocycles. The third kappa shape index (κ3) is 1.64. The molecular weight excluding hydrogens is 180 g/mol. The van der Waals surface area contributed by atoms with Crippen molar-refractivity contribution >= 4 is 22.9 Å². The fourth-order valence-corrected chi connectivity index (χ4v) is 1.24. The van der Waals surface area contributed by atoms with Crippen LogP contribution in [0.1, 0.15) is 5.01 Å². The summed E-state index contributed by atoms with van der Waals surface area (Å²) in [7, 11) is 0. The summed E-state index contributed by atoms with van der Waals surface area (Å²) < 4.78 is 24.7. The molecule has 1 radical (unpaired) electrons. The standard InChI is InChI=1S/C5H3ClF2NS/c1-5(7,8)4-9-2-3(6)10-4/h2H,1H2. The topological polar surface area (TPSA) is 12.9 Å². The first-order chi connectivity index (χ1) is 4.50. The molecule has 0 aromatic carbocycles. The van der Waals surface area contributed by atoms with Crippen molar-refractivity contribution < 1.29 is 8.78 Å². The summed E-state index contributed by atoms with van der Waals surface area (Å²) >= 11 is 6.10. The summed E-state index contributed by atoms with van der Waals surface area (Å²) in [5, 5.41) is -0.350. The molecule has 0 bridgehead atoms. The molecular formula is C5H3ClF2NS. The van der Waals surface area contributed by atoms with Crippen molar-refractivity contribution in [3.05, 3.63) is 22.5 Å². The molecule has 1 aromatic heterocycles. The van der Waals surface area contributed by atoms with Gasteiger partial charge in [0, 0.05) is 6.92 Å². The highest BCUT2D eigenvalue weighted by Crippen LogP contribution is 2.31. The van der Waals surface area contributed by atoms with Crippen LogP contribution in [0.5, 0.6) is 0 Å². The smallest absolute Gasteiger partial charge is 0.242 e. The predicted molar refractivity (Wildman–Crippen MR) is 36.4 cm³/mol. The summed E-state index contributed by atoms with van der Waals surface area (Å²) in [6, 6.07) is 0. The average Bonchev–Trinajstić information content (AvgIpc) is 2.11. The molecule has 0 N–H and O–H groups in total. The van der Waals surface area contributed by atoms with Crippen LogP contribution in [0.2, 0.25) is 4.34 Å². The molecule has 55 valence electrons. The van der Waals surface area contributed by atoms with Crippen LogP contribution in [0.15, 0.2) is 6.20 Å². The Morgan fingerprint density at radius 1 is 1.70 bits per heavy atom. The van der Waals surface area contributed by atoms with E-state index >= 15 is 0 Å². The Labute approximate surface area is 65.7 Å². The van der Waals surface area contributed by atoms with E-state index in [1.807, 2.05) is 0 Å². The Balaban J connectivity index is 2.96. The summed E-state index contributed by atoms with van der Waals surface area (Å²) in [4.78, 5) is 3.36. The maximum absolute atomic E-state index is 12.2. The van der Waals surface area contributed by atoms with E-state index in [4.69, 9.17) is 11.6 Å². The lowest BCUT2D eigenvalue weighted by Crippen LogP contribution is -2.05. The minimum Gasteiger partial charge on any atom is -0.242 e. The first-order valence-electron chi connectivity index (χ1n) is 2.35. The zero-order chi connectivity index (χ0) is 7.78. The quantitative estimate of drug-likeness (QED) is 0.651. The van der Waals surface area contributed by atoms with E-state index in [1.165, 1.54) is 6.20 Å². The zero-order valence-electron chi connectivity index (χ0n) is 4.77. The number of thiazole rings is 1. The molecule has 0 spiro atoms. The van der Waals surface area contributed by atoms with Crippen LogP contribution in [-0.2, 0) is 5.92 Å². The van der Waals surface area contributed by atoms with Crippen LogP contribution in [0, 0.1) is 6.92 Å². The Morgan fingerprint density at radius 3 is 2.50 bits per heavy atom. The number of halogens is 3.